The van der Waals surface area contributed by atoms with Crippen LogP contribution in [0.2, 0.25) is 0 Å². The van der Waals surface area contributed by atoms with E-state index < -0.39 is 5.97 Å². The summed E-state index contributed by atoms with van der Waals surface area (Å²) in [6, 6.07) is 17.3. The van der Waals surface area contributed by atoms with Crippen molar-refractivity contribution in [2.75, 3.05) is 0 Å². The third kappa shape index (κ3) is 3.18. The van der Waals surface area contributed by atoms with Gasteiger partial charge < -0.3 is 5.11 Å². The molecule has 0 saturated carbocycles. The van der Waals surface area contributed by atoms with Gasteiger partial charge in [-0.2, -0.15) is 0 Å². The number of rotatable bonds is 4. The van der Waals surface area contributed by atoms with Gasteiger partial charge in [-0.15, -0.1) is 0 Å². The summed E-state index contributed by atoms with van der Waals surface area (Å²) in [5, 5.41) is 8.78. The highest BCUT2D eigenvalue weighted by atomic mass is 16.4. The monoisotopic (exact) mass is 226 g/mol. The minimum Gasteiger partial charge on any atom is -0.478 e. The molecule has 0 heterocycles. The first-order valence-corrected chi connectivity index (χ1v) is 5.62. The summed E-state index contributed by atoms with van der Waals surface area (Å²) in [5.41, 5.74) is 2.81. The topological polar surface area (TPSA) is 37.3 Å². The summed E-state index contributed by atoms with van der Waals surface area (Å²) in [6.45, 7) is 0. The van der Waals surface area contributed by atoms with E-state index in [-0.39, 0.29) is 0 Å². The Morgan fingerprint density at radius 3 is 1.88 bits per heavy atom. The van der Waals surface area contributed by atoms with Crippen LogP contribution in [0.1, 0.15) is 21.5 Å². The summed E-state index contributed by atoms with van der Waals surface area (Å²) < 4.78 is 0. The van der Waals surface area contributed by atoms with Crippen molar-refractivity contribution in [3.8, 4) is 0 Å². The fourth-order valence-corrected chi connectivity index (χ4v) is 1.75. The lowest BCUT2D eigenvalue weighted by Crippen LogP contribution is -1.97. The molecule has 0 amide bonds. The Kier molecular flexibility index (Phi) is 3.55. The second kappa shape index (κ2) is 5.30. The number of aromatic carboxylic acids is 1. The molecule has 0 bridgehead atoms. The Balaban J connectivity index is 1.98. The zero-order valence-corrected chi connectivity index (χ0v) is 9.47. The molecule has 0 aromatic heterocycles. The molecule has 2 nitrogen and oxygen atoms in total. The third-order valence-electron chi connectivity index (χ3n) is 2.75. The second-order valence-electron chi connectivity index (χ2n) is 3.99. The van der Waals surface area contributed by atoms with Crippen molar-refractivity contribution in [2.45, 2.75) is 12.8 Å². The van der Waals surface area contributed by atoms with E-state index in [0.29, 0.717) is 5.56 Å². The van der Waals surface area contributed by atoms with Crippen LogP contribution < -0.4 is 0 Å². The summed E-state index contributed by atoms with van der Waals surface area (Å²) >= 11 is 0. The molecule has 0 fully saturated rings. The van der Waals surface area contributed by atoms with Gasteiger partial charge in [0.15, 0.2) is 0 Å². The molecule has 0 aliphatic heterocycles. The lowest BCUT2D eigenvalue weighted by atomic mass is 10.0. The second-order valence-corrected chi connectivity index (χ2v) is 3.99. The third-order valence-corrected chi connectivity index (χ3v) is 2.75. The fourth-order valence-electron chi connectivity index (χ4n) is 1.75. The molecule has 0 saturated heterocycles. The predicted molar refractivity (Wildman–Crippen MR) is 67.3 cm³/mol. The van der Waals surface area contributed by atoms with Gasteiger partial charge >= 0.3 is 5.97 Å². The van der Waals surface area contributed by atoms with Gasteiger partial charge in [-0.25, -0.2) is 4.79 Å². The minimum absolute atomic E-state index is 0.341. The van der Waals surface area contributed by atoms with E-state index in [4.69, 9.17) is 5.11 Å². The average molecular weight is 226 g/mol. The largest absolute Gasteiger partial charge is 0.478 e. The predicted octanol–water partition coefficient (Wildman–Crippen LogP) is 3.17. The van der Waals surface area contributed by atoms with Crippen molar-refractivity contribution in [2.24, 2.45) is 0 Å². The Bertz CT molecular complexity index is 486. The summed E-state index contributed by atoms with van der Waals surface area (Å²) in [7, 11) is 0. The quantitative estimate of drug-likeness (QED) is 0.869. The lowest BCUT2D eigenvalue weighted by Gasteiger charge is -2.02. The molecule has 0 atom stereocenters. The van der Waals surface area contributed by atoms with Crippen LogP contribution in [-0.2, 0) is 12.8 Å². The van der Waals surface area contributed by atoms with Gasteiger partial charge in [-0.05, 0) is 36.1 Å². The first-order valence-electron chi connectivity index (χ1n) is 5.62. The van der Waals surface area contributed by atoms with Gasteiger partial charge in [-0.3, -0.25) is 0 Å². The van der Waals surface area contributed by atoms with Crippen molar-refractivity contribution < 1.29 is 9.90 Å². The Morgan fingerprint density at radius 2 is 1.35 bits per heavy atom. The molecule has 17 heavy (non-hydrogen) atoms. The SMILES string of the molecule is O=C(O)c1ccc(CCc2ccccc2)cc1. The molecule has 0 unspecified atom stereocenters. The van der Waals surface area contributed by atoms with Crippen molar-refractivity contribution in [3.05, 3.63) is 71.3 Å². The van der Waals surface area contributed by atoms with E-state index in [9.17, 15) is 4.79 Å². The maximum absolute atomic E-state index is 10.7. The van der Waals surface area contributed by atoms with Crippen molar-refractivity contribution in [1.29, 1.82) is 0 Å². The molecule has 2 aromatic rings. The number of carboxylic acids is 1. The number of hydrogen-bond acceptors (Lipinski definition) is 1. The van der Waals surface area contributed by atoms with Gasteiger partial charge in [-0.1, -0.05) is 42.5 Å². The Hall–Kier alpha value is -2.09. The van der Waals surface area contributed by atoms with Gasteiger partial charge in [0.05, 0.1) is 5.56 Å². The molecule has 1 N–H and O–H groups in total. The Labute approximate surface area is 101 Å². The van der Waals surface area contributed by atoms with E-state index >= 15 is 0 Å². The van der Waals surface area contributed by atoms with Gasteiger partial charge in [0.1, 0.15) is 0 Å². The van der Waals surface area contributed by atoms with Crippen LogP contribution in [0.5, 0.6) is 0 Å². The maximum Gasteiger partial charge on any atom is 0.335 e. The Morgan fingerprint density at radius 1 is 0.824 bits per heavy atom. The highest BCUT2D eigenvalue weighted by Gasteiger charge is 2.01. The van der Waals surface area contributed by atoms with Gasteiger partial charge in [0.2, 0.25) is 0 Å². The van der Waals surface area contributed by atoms with Gasteiger partial charge in [0, 0.05) is 0 Å². The first-order chi connectivity index (χ1) is 8.25. The molecule has 0 aliphatic carbocycles. The summed E-state index contributed by atoms with van der Waals surface area (Å²) in [6.07, 6.45) is 1.91. The van der Waals surface area contributed by atoms with Crippen LogP contribution in [0.15, 0.2) is 54.6 Å². The number of benzene rings is 2. The number of aryl methyl sites for hydroxylation is 2. The molecule has 86 valence electrons. The van der Waals surface area contributed by atoms with E-state index in [1.807, 2.05) is 30.3 Å². The molecular formula is C15H14O2. The highest BCUT2D eigenvalue weighted by Crippen LogP contribution is 2.09. The first kappa shape index (κ1) is 11.4. The van der Waals surface area contributed by atoms with Crippen LogP contribution in [0, 0.1) is 0 Å². The fraction of sp³-hybridized carbons (Fsp3) is 0.133. The van der Waals surface area contributed by atoms with Crippen LogP contribution in [0.25, 0.3) is 0 Å². The lowest BCUT2D eigenvalue weighted by molar-refractivity contribution is 0.0697. The number of carbonyl (C=O) groups is 1. The normalized spacial score (nSPS) is 10.1. The smallest absolute Gasteiger partial charge is 0.335 e. The number of hydrogen-bond donors (Lipinski definition) is 1. The standard InChI is InChI=1S/C15H14O2/c16-15(17)14-10-8-13(9-11-14)7-6-12-4-2-1-3-5-12/h1-5,8-11H,6-7H2,(H,16,17). The molecule has 2 rings (SSSR count). The molecular weight excluding hydrogens is 212 g/mol. The van der Waals surface area contributed by atoms with Crippen LogP contribution in [0.4, 0.5) is 0 Å². The van der Waals surface area contributed by atoms with Crippen molar-refractivity contribution in [1.82, 2.24) is 0 Å². The zero-order valence-electron chi connectivity index (χ0n) is 9.47. The highest BCUT2D eigenvalue weighted by molar-refractivity contribution is 5.87. The molecule has 0 aliphatic rings. The summed E-state index contributed by atoms with van der Waals surface area (Å²) in [4.78, 5) is 10.7. The van der Waals surface area contributed by atoms with Crippen LogP contribution in [-0.4, -0.2) is 11.1 Å². The summed E-state index contributed by atoms with van der Waals surface area (Å²) in [5.74, 6) is -0.875. The molecule has 2 heteroatoms. The van der Waals surface area contributed by atoms with Crippen LogP contribution >= 0.6 is 0 Å². The van der Waals surface area contributed by atoms with E-state index in [2.05, 4.69) is 12.1 Å². The minimum atomic E-state index is -0.875. The van der Waals surface area contributed by atoms with Crippen LogP contribution in [0.3, 0.4) is 0 Å². The average Bonchev–Trinajstić information content (AvgIpc) is 2.38. The molecule has 0 radical (unpaired) electrons. The maximum atomic E-state index is 10.7. The van der Waals surface area contributed by atoms with E-state index in [0.717, 1.165) is 12.8 Å². The van der Waals surface area contributed by atoms with Gasteiger partial charge in [0.25, 0.3) is 0 Å². The van der Waals surface area contributed by atoms with E-state index in [1.54, 1.807) is 12.1 Å². The van der Waals surface area contributed by atoms with E-state index in [1.165, 1.54) is 11.1 Å². The van der Waals surface area contributed by atoms with Crippen molar-refractivity contribution in [3.63, 3.8) is 0 Å². The van der Waals surface area contributed by atoms with Crippen molar-refractivity contribution >= 4 is 5.97 Å². The zero-order chi connectivity index (χ0) is 12.1. The molecule has 0 spiro atoms. The number of carboxylic acid groups (broad SMARTS) is 1. The molecule has 2 aromatic carbocycles.